The Morgan fingerprint density at radius 1 is 1.25 bits per heavy atom. The number of rotatable bonds is 3. The highest BCUT2D eigenvalue weighted by Gasteiger charge is 2.06. The van der Waals surface area contributed by atoms with E-state index >= 15 is 0 Å². The molecule has 0 saturated carbocycles. The number of hydrogen-bond acceptors (Lipinski definition) is 3. The summed E-state index contributed by atoms with van der Waals surface area (Å²) in [6.45, 7) is 0. The Bertz CT molecular complexity index is 470. The van der Waals surface area contributed by atoms with Crippen LogP contribution in [0.4, 0.5) is 8.78 Å². The standard InChI is InChI=1S/C10H6BrF2NS2/c11-8-5-15-9(14-8)6-1-3-7(4-2-6)16-10(12)13/h1-5,10H. The predicted octanol–water partition coefficient (Wildman–Crippen LogP) is 4.89. The predicted molar refractivity (Wildman–Crippen MR) is 67.1 cm³/mol. The quantitative estimate of drug-likeness (QED) is 0.747. The number of thioether (sulfide) groups is 1. The topological polar surface area (TPSA) is 12.9 Å². The van der Waals surface area contributed by atoms with E-state index in [1.54, 1.807) is 24.3 Å². The van der Waals surface area contributed by atoms with Gasteiger partial charge in [-0.25, -0.2) is 4.98 Å². The molecule has 0 aliphatic carbocycles. The maximum absolute atomic E-state index is 12.1. The highest BCUT2D eigenvalue weighted by molar-refractivity contribution is 9.10. The van der Waals surface area contributed by atoms with E-state index in [4.69, 9.17) is 0 Å². The molecule has 0 aliphatic heterocycles. The summed E-state index contributed by atoms with van der Waals surface area (Å²) in [5, 5.41) is 2.76. The molecule has 84 valence electrons. The molecule has 0 radical (unpaired) electrons. The number of hydrogen-bond donors (Lipinski definition) is 0. The Labute approximate surface area is 108 Å². The molecule has 0 atom stereocenters. The Morgan fingerprint density at radius 3 is 2.44 bits per heavy atom. The first-order chi connectivity index (χ1) is 7.65. The van der Waals surface area contributed by atoms with Crippen molar-refractivity contribution in [2.75, 3.05) is 0 Å². The van der Waals surface area contributed by atoms with Crippen molar-refractivity contribution in [1.82, 2.24) is 4.98 Å². The Balaban J connectivity index is 2.19. The van der Waals surface area contributed by atoms with Gasteiger partial charge in [-0.1, -0.05) is 23.9 Å². The molecule has 0 bridgehead atoms. The summed E-state index contributed by atoms with van der Waals surface area (Å²) in [6, 6.07) is 6.97. The lowest BCUT2D eigenvalue weighted by atomic mass is 10.2. The van der Waals surface area contributed by atoms with E-state index < -0.39 is 5.76 Å². The van der Waals surface area contributed by atoms with Gasteiger partial charge in [-0.3, -0.25) is 0 Å². The third kappa shape index (κ3) is 3.02. The van der Waals surface area contributed by atoms with Crippen LogP contribution in [0, 0.1) is 0 Å². The highest BCUT2D eigenvalue weighted by atomic mass is 79.9. The summed E-state index contributed by atoms with van der Waals surface area (Å²) in [7, 11) is 0. The van der Waals surface area contributed by atoms with Gasteiger partial charge in [0.1, 0.15) is 9.61 Å². The van der Waals surface area contributed by atoms with Crippen molar-refractivity contribution in [1.29, 1.82) is 0 Å². The molecule has 0 saturated heterocycles. The average Bonchev–Trinajstić information content (AvgIpc) is 2.65. The fourth-order valence-corrected chi connectivity index (χ4v) is 2.92. The van der Waals surface area contributed by atoms with Crippen LogP contribution < -0.4 is 0 Å². The first-order valence-electron chi connectivity index (χ1n) is 4.31. The number of alkyl halides is 2. The summed E-state index contributed by atoms with van der Waals surface area (Å²) in [6.07, 6.45) is 0. The summed E-state index contributed by atoms with van der Waals surface area (Å²) in [5.41, 5.74) is 0.939. The van der Waals surface area contributed by atoms with Crippen molar-refractivity contribution in [2.24, 2.45) is 0 Å². The number of thiazole rings is 1. The maximum atomic E-state index is 12.1. The van der Waals surface area contributed by atoms with Crippen molar-refractivity contribution >= 4 is 39.0 Å². The van der Waals surface area contributed by atoms with Crippen LogP contribution in [-0.4, -0.2) is 10.7 Å². The van der Waals surface area contributed by atoms with Crippen molar-refractivity contribution < 1.29 is 8.78 Å². The fraction of sp³-hybridized carbons (Fsp3) is 0.100. The molecule has 1 heterocycles. The van der Waals surface area contributed by atoms with Crippen molar-refractivity contribution in [3.8, 4) is 10.6 Å². The molecule has 2 aromatic rings. The van der Waals surface area contributed by atoms with Gasteiger partial charge in [0.05, 0.1) is 0 Å². The second-order valence-electron chi connectivity index (χ2n) is 2.88. The molecule has 0 unspecified atom stereocenters. The van der Waals surface area contributed by atoms with Crippen LogP contribution in [0.3, 0.4) is 0 Å². The highest BCUT2D eigenvalue weighted by Crippen LogP contribution is 2.30. The molecule has 1 aromatic carbocycles. The lowest BCUT2D eigenvalue weighted by Gasteiger charge is -2.00. The number of benzene rings is 1. The fourth-order valence-electron chi connectivity index (χ4n) is 1.17. The molecular formula is C10H6BrF2NS2. The lowest BCUT2D eigenvalue weighted by Crippen LogP contribution is -1.82. The van der Waals surface area contributed by atoms with Crippen LogP contribution in [0.15, 0.2) is 39.1 Å². The van der Waals surface area contributed by atoms with Gasteiger partial charge in [0, 0.05) is 15.8 Å². The van der Waals surface area contributed by atoms with Crippen LogP contribution in [-0.2, 0) is 0 Å². The van der Waals surface area contributed by atoms with Crippen LogP contribution in [0.2, 0.25) is 0 Å². The van der Waals surface area contributed by atoms with Gasteiger partial charge in [-0.2, -0.15) is 8.78 Å². The first-order valence-corrected chi connectivity index (χ1v) is 6.86. The summed E-state index contributed by atoms with van der Waals surface area (Å²) < 4.78 is 25.0. The zero-order valence-electron chi connectivity index (χ0n) is 7.86. The van der Waals surface area contributed by atoms with Gasteiger partial charge >= 0.3 is 0 Å². The monoisotopic (exact) mass is 321 g/mol. The van der Waals surface area contributed by atoms with Crippen molar-refractivity contribution in [2.45, 2.75) is 10.7 Å². The molecule has 0 N–H and O–H groups in total. The smallest absolute Gasteiger partial charge is 0.229 e. The number of nitrogens with zero attached hydrogens (tertiary/aromatic N) is 1. The van der Waals surface area contributed by atoms with Crippen LogP contribution in [0.25, 0.3) is 10.6 Å². The zero-order valence-corrected chi connectivity index (χ0v) is 11.1. The average molecular weight is 322 g/mol. The second kappa shape index (κ2) is 5.25. The van der Waals surface area contributed by atoms with E-state index in [0.29, 0.717) is 16.7 Å². The molecule has 2 rings (SSSR count). The molecular weight excluding hydrogens is 316 g/mol. The third-order valence-electron chi connectivity index (χ3n) is 1.80. The molecule has 0 amide bonds. The van der Waals surface area contributed by atoms with Crippen molar-refractivity contribution in [3.63, 3.8) is 0 Å². The van der Waals surface area contributed by atoms with E-state index in [1.807, 2.05) is 5.38 Å². The van der Waals surface area contributed by atoms with Gasteiger partial charge < -0.3 is 0 Å². The van der Waals surface area contributed by atoms with Gasteiger partial charge in [0.15, 0.2) is 0 Å². The van der Waals surface area contributed by atoms with E-state index in [0.717, 1.165) is 15.2 Å². The maximum Gasteiger partial charge on any atom is 0.288 e. The first kappa shape index (κ1) is 12.0. The minimum absolute atomic E-state index is 0.548. The largest absolute Gasteiger partial charge is 0.288 e. The number of halogens is 3. The van der Waals surface area contributed by atoms with Gasteiger partial charge in [-0.15, -0.1) is 11.3 Å². The van der Waals surface area contributed by atoms with E-state index in [1.165, 1.54) is 11.3 Å². The molecule has 0 fully saturated rings. The van der Waals surface area contributed by atoms with Gasteiger partial charge in [0.25, 0.3) is 5.76 Å². The third-order valence-corrected chi connectivity index (χ3v) is 4.13. The van der Waals surface area contributed by atoms with E-state index in [2.05, 4.69) is 20.9 Å². The minimum atomic E-state index is -2.38. The molecule has 6 heteroatoms. The lowest BCUT2D eigenvalue weighted by molar-refractivity contribution is 0.252. The Hall–Kier alpha value is -0.460. The zero-order chi connectivity index (χ0) is 11.5. The van der Waals surface area contributed by atoms with Crippen LogP contribution in [0.1, 0.15) is 0 Å². The molecule has 1 nitrogen and oxygen atoms in total. The van der Waals surface area contributed by atoms with Crippen molar-refractivity contribution in [3.05, 3.63) is 34.2 Å². The van der Waals surface area contributed by atoms with Gasteiger partial charge in [0.2, 0.25) is 0 Å². The van der Waals surface area contributed by atoms with E-state index in [-0.39, 0.29) is 0 Å². The molecule has 16 heavy (non-hydrogen) atoms. The van der Waals surface area contributed by atoms with Crippen LogP contribution >= 0.6 is 39.0 Å². The second-order valence-corrected chi connectivity index (χ2v) is 5.61. The summed E-state index contributed by atoms with van der Waals surface area (Å²) in [4.78, 5) is 4.82. The number of aromatic nitrogens is 1. The molecule has 0 aliphatic rings. The summed E-state index contributed by atoms with van der Waals surface area (Å²) >= 11 is 5.33. The summed E-state index contributed by atoms with van der Waals surface area (Å²) in [5.74, 6) is -2.38. The normalized spacial score (nSPS) is 11.0. The van der Waals surface area contributed by atoms with Crippen LogP contribution in [0.5, 0.6) is 0 Å². The Morgan fingerprint density at radius 2 is 1.94 bits per heavy atom. The molecule has 1 aromatic heterocycles. The minimum Gasteiger partial charge on any atom is -0.229 e. The van der Waals surface area contributed by atoms with E-state index in [9.17, 15) is 8.78 Å². The Kier molecular flexibility index (Phi) is 3.94. The molecule has 0 spiro atoms. The van der Waals surface area contributed by atoms with Gasteiger partial charge in [-0.05, 0) is 28.1 Å². The SMILES string of the molecule is FC(F)Sc1ccc(-c2nc(Br)cs2)cc1.